The van der Waals surface area contributed by atoms with Gasteiger partial charge in [-0.15, -0.1) is 0 Å². The fourth-order valence-electron chi connectivity index (χ4n) is 1.68. The van der Waals surface area contributed by atoms with E-state index in [1.54, 1.807) is 6.26 Å². The van der Waals surface area contributed by atoms with Gasteiger partial charge in [-0.25, -0.2) is 0 Å². The molecule has 0 aliphatic carbocycles. The van der Waals surface area contributed by atoms with Crippen molar-refractivity contribution in [3.63, 3.8) is 0 Å². The molecule has 0 fully saturated rings. The standard InChI is InChI=1S/C14H16ClNO2/c1-10-3-4-12(15)6-14(10)18-9-13-5-11(7-16-2)8-17-13/h3-6,8,16H,7,9H2,1-2H3. The van der Waals surface area contributed by atoms with Crippen molar-refractivity contribution in [2.45, 2.75) is 20.1 Å². The van der Waals surface area contributed by atoms with Gasteiger partial charge in [0.15, 0.2) is 0 Å². The van der Waals surface area contributed by atoms with Crippen molar-refractivity contribution in [3.8, 4) is 5.75 Å². The molecule has 0 unspecified atom stereocenters. The van der Waals surface area contributed by atoms with Crippen LogP contribution in [-0.2, 0) is 13.2 Å². The topological polar surface area (TPSA) is 34.4 Å². The van der Waals surface area contributed by atoms with E-state index in [4.69, 9.17) is 20.8 Å². The summed E-state index contributed by atoms with van der Waals surface area (Å²) in [6.45, 7) is 3.19. The largest absolute Gasteiger partial charge is 0.485 e. The van der Waals surface area contributed by atoms with Crippen LogP contribution in [0.3, 0.4) is 0 Å². The summed E-state index contributed by atoms with van der Waals surface area (Å²) in [5, 5.41) is 3.74. The SMILES string of the molecule is CNCc1coc(COc2cc(Cl)ccc2C)c1. The zero-order chi connectivity index (χ0) is 13.0. The fraction of sp³-hybridized carbons (Fsp3) is 0.286. The molecule has 0 saturated heterocycles. The monoisotopic (exact) mass is 265 g/mol. The van der Waals surface area contributed by atoms with Gasteiger partial charge in [0.2, 0.25) is 0 Å². The van der Waals surface area contributed by atoms with Crippen LogP contribution in [0.4, 0.5) is 0 Å². The van der Waals surface area contributed by atoms with Gasteiger partial charge in [0, 0.05) is 17.1 Å². The summed E-state index contributed by atoms with van der Waals surface area (Å²) >= 11 is 5.93. The third-order valence-electron chi connectivity index (χ3n) is 2.61. The second kappa shape index (κ2) is 5.94. The van der Waals surface area contributed by atoms with Crippen LogP contribution in [0.25, 0.3) is 0 Å². The summed E-state index contributed by atoms with van der Waals surface area (Å²) in [5.74, 6) is 1.59. The summed E-state index contributed by atoms with van der Waals surface area (Å²) in [6.07, 6.45) is 1.74. The summed E-state index contributed by atoms with van der Waals surface area (Å²) in [4.78, 5) is 0. The molecule has 0 atom stereocenters. The van der Waals surface area contributed by atoms with E-state index in [2.05, 4.69) is 5.32 Å². The van der Waals surface area contributed by atoms with E-state index >= 15 is 0 Å². The van der Waals surface area contributed by atoms with Crippen LogP contribution >= 0.6 is 11.6 Å². The zero-order valence-electron chi connectivity index (χ0n) is 10.5. The Hall–Kier alpha value is -1.45. The van der Waals surface area contributed by atoms with E-state index in [0.29, 0.717) is 11.6 Å². The van der Waals surface area contributed by atoms with Gasteiger partial charge in [-0.2, -0.15) is 0 Å². The lowest BCUT2D eigenvalue weighted by Gasteiger charge is -2.07. The molecule has 1 aromatic carbocycles. The molecule has 18 heavy (non-hydrogen) atoms. The minimum absolute atomic E-state index is 0.408. The molecule has 0 saturated carbocycles. The van der Waals surface area contributed by atoms with Crippen molar-refractivity contribution in [1.29, 1.82) is 0 Å². The summed E-state index contributed by atoms with van der Waals surface area (Å²) in [6, 6.07) is 7.58. The van der Waals surface area contributed by atoms with E-state index in [0.717, 1.165) is 29.2 Å². The number of aryl methyl sites for hydroxylation is 1. The van der Waals surface area contributed by atoms with Crippen molar-refractivity contribution >= 4 is 11.6 Å². The van der Waals surface area contributed by atoms with E-state index in [9.17, 15) is 0 Å². The van der Waals surface area contributed by atoms with Crippen LogP contribution in [0.1, 0.15) is 16.9 Å². The van der Waals surface area contributed by atoms with Gasteiger partial charge in [0.25, 0.3) is 0 Å². The molecule has 0 radical (unpaired) electrons. The molecular formula is C14H16ClNO2. The summed E-state index contributed by atoms with van der Waals surface area (Å²) < 4.78 is 11.1. The van der Waals surface area contributed by atoms with Crippen molar-refractivity contribution in [3.05, 3.63) is 52.4 Å². The molecule has 0 aliphatic heterocycles. The minimum Gasteiger partial charge on any atom is -0.485 e. The molecule has 1 aromatic heterocycles. The van der Waals surface area contributed by atoms with E-state index < -0.39 is 0 Å². The average Bonchev–Trinajstić information content (AvgIpc) is 2.79. The Balaban J connectivity index is 1.99. The highest BCUT2D eigenvalue weighted by atomic mass is 35.5. The lowest BCUT2D eigenvalue weighted by Crippen LogP contribution is -2.03. The van der Waals surface area contributed by atoms with Crippen molar-refractivity contribution < 1.29 is 9.15 Å². The number of hydrogen-bond acceptors (Lipinski definition) is 3. The maximum atomic E-state index is 5.93. The molecular weight excluding hydrogens is 250 g/mol. The second-order valence-corrected chi connectivity index (χ2v) is 4.59. The first kappa shape index (κ1) is 13.0. The molecule has 4 heteroatoms. The Morgan fingerprint density at radius 3 is 2.94 bits per heavy atom. The number of halogens is 1. The first-order valence-electron chi connectivity index (χ1n) is 5.79. The highest BCUT2D eigenvalue weighted by molar-refractivity contribution is 6.30. The molecule has 0 amide bonds. The molecule has 1 heterocycles. The van der Waals surface area contributed by atoms with Gasteiger partial charge in [0.1, 0.15) is 18.1 Å². The zero-order valence-corrected chi connectivity index (χ0v) is 11.3. The van der Waals surface area contributed by atoms with Crippen LogP contribution in [-0.4, -0.2) is 7.05 Å². The third kappa shape index (κ3) is 3.28. The highest BCUT2D eigenvalue weighted by Gasteiger charge is 2.05. The van der Waals surface area contributed by atoms with E-state index in [1.165, 1.54) is 0 Å². The number of nitrogens with one attached hydrogen (secondary N) is 1. The Bertz CT molecular complexity index is 522. The predicted octanol–water partition coefficient (Wildman–Crippen LogP) is 3.54. The second-order valence-electron chi connectivity index (χ2n) is 4.15. The number of benzene rings is 1. The number of furan rings is 1. The van der Waals surface area contributed by atoms with Gasteiger partial charge >= 0.3 is 0 Å². The van der Waals surface area contributed by atoms with Gasteiger partial charge in [0.05, 0.1) is 6.26 Å². The van der Waals surface area contributed by atoms with Gasteiger partial charge in [-0.1, -0.05) is 17.7 Å². The molecule has 0 spiro atoms. The first-order chi connectivity index (χ1) is 8.69. The van der Waals surface area contributed by atoms with E-state index in [-0.39, 0.29) is 0 Å². The van der Waals surface area contributed by atoms with Crippen molar-refractivity contribution in [1.82, 2.24) is 5.32 Å². The molecule has 3 nitrogen and oxygen atoms in total. The molecule has 1 N–H and O–H groups in total. The van der Waals surface area contributed by atoms with Crippen LogP contribution in [0, 0.1) is 6.92 Å². The molecule has 0 bridgehead atoms. The summed E-state index contributed by atoms with van der Waals surface area (Å²) in [5.41, 5.74) is 2.17. The Labute approximate surface area is 112 Å². The summed E-state index contributed by atoms with van der Waals surface area (Å²) in [7, 11) is 1.90. The quantitative estimate of drug-likeness (QED) is 0.898. The average molecular weight is 266 g/mol. The highest BCUT2D eigenvalue weighted by Crippen LogP contribution is 2.23. The molecule has 0 aliphatic rings. The van der Waals surface area contributed by atoms with Crippen LogP contribution in [0.15, 0.2) is 34.9 Å². The number of ether oxygens (including phenoxy) is 1. The van der Waals surface area contributed by atoms with E-state index in [1.807, 2.05) is 38.2 Å². The van der Waals surface area contributed by atoms with Gasteiger partial charge in [-0.05, 0) is 37.7 Å². The Morgan fingerprint density at radius 2 is 2.17 bits per heavy atom. The smallest absolute Gasteiger partial charge is 0.146 e. The predicted molar refractivity (Wildman–Crippen MR) is 72.0 cm³/mol. The fourth-order valence-corrected chi connectivity index (χ4v) is 1.84. The van der Waals surface area contributed by atoms with Gasteiger partial charge in [-0.3, -0.25) is 0 Å². The normalized spacial score (nSPS) is 10.6. The Kier molecular flexibility index (Phi) is 4.28. The van der Waals surface area contributed by atoms with Crippen LogP contribution in [0.5, 0.6) is 5.75 Å². The molecule has 2 rings (SSSR count). The van der Waals surface area contributed by atoms with Crippen LogP contribution in [0.2, 0.25) is 5.02 Å². The lowest BCUT2D eigenvalue weighted by molar-refractivity contribution is 0.268. The maximum Gasteiger partial charge on any atom is 0.146 e. The molecule has 96 valence electrons. The Morgan fingerprint density at radius 1 is 1.33 bits per heavy atom. The maximum absolute atomic E-state index is 5.93. The number of hydrogen-bond donors (Lipinski definition) is 1. The van der Waals surface area contributed by atoms with Crippen molar-refractivity contribution in [2.24, 2.45) is 0 Å². The minimum atomic E-state index is 0.408. The third-order valence-corrected chi connectivity index (χ3v) is 2.84. The van der Waals surface area contributed by atoms with Crippen molar-refractivity contribution in [2.75, 3.05) is 7.05 Å². The first-order valence-corrected chi connectivity index (χ1v) is 6.16. The lowest BCUT2D eigenvalue weighted by atomic mass is 10.2. The number of rotatable bonds is 5. The van der Waals surface area contributed by atoms with Crippen LogP contribution < -0.4 is 10.1 Å². The molecule has 2 aromatic rings. The van der Waals surface area contributed by atoms with Gasteiger partial charge < -0.3 is 14.5 Å².